The Morgan fingerprint density at radius 2 is 1.93 bits per heavy atom. The fourth-order valence-corrected chi connectivity index (χ4v) is 3.83. The summed E-state index contributed by atoms with van der Waals surface area (Å²) in [5, 5.41) is 10.9. The van der Waals surface area contributed by atoms with E-state index in [1.165, 1.54) is 12.1 Å². The van der Waals surface area contributed by atoms with E-state index in [2.05, 4.69) is 25.3 Å². The van der Waals surface area contributed by atoms with Gasteiger partial charge in [-0.15, -0.1) is 0 Å². The maximum atomic E-state index is 13.5. The third kappa shape index (κ3) is 4.60. The van der Waals surface area contributed by atoms with Crippen molar-refractivity contribution in [2.75, 3.05) is 33.2 Å². The first kappa shape index (κ1) is 19.5. The van der Waals surface area contributed by atoms with Crippen molar-refractivity contribution in [3.05, 3.63) is 65.4 Å². The van der Waals surface area contributed by atoms with Crippen LogP contribution in [0.25, 0.3) is 10.9 Å². The first-order chi connectivity index (χ1) is 14.0. The minimum absolute atomic E-state index is 0.135. The van der Waals surface area contributed by atoms with Gasteiger partial charge in [-0.2, -0.15) is 5.10 Å². The van der Waals surface area contributed by atoms with Crippen LogP contribution in [0.1, 0.15) is 16.1 Å². The van der Waals surface area contributed by atoms with Gasteiger partial charge in [0.2, 0.25) is 0 Å². The molecular formula is C21H23F2N5O. The van der Waals surface area contributed by atoms with Gasteiger partial charge in [0, 0.05) is 44.2 Å². The number of para-hydroxylation sites is 1. The van der Waals surface area contributed by atoms with Gasteiger partial charge in [0.25, 0.3) is 5.91 Å². The molecule has 29 heavy (non-hydrogen) atoms. The Bertz CT molecular complexity index is 1000. The number of halogens is 2. The largest absolute Gasteiger partial charge is 0.345 e. The number of rotatable bonds is 4. The van der Waals surface area contributed by atoms with Crippen molar-refractivity contribution >= 4 is 16.8 Å². The van der Waals surface area contributed by atoms with Gasteiger partial charge in [-0.05, 0) is 30.8 Å². The highest BCUT2D eigenvalue weighted by Gasteiger charge is 2.24. The van der Waals surface area contributed by atoms with Crippen LogP contribution in [-0.4, -0.2) is 65.2 Å². The highest BCUT2D eigenvalue weighted by atomic mass is 19.1. The van der Waals surface area contributed by atoms with Crippen LogP contribution < -0.4 is 5.32 Å². The highest BCUT2D eigenvalue weighted by molar-refractivity contribution is 6.04. The predicted molar refractivity (Wildman–Crippen MR) is 106 cm³/mol. The summed E-state index contributed by atoms with van der Waals surface area (Å²) >= 11 is 0. The molecule has 2 heterocycles. The molecule has 1 fully saturated rings. The molecule has 0 saturated carbocycles. The number of likely N-dealkylation sites (N-methyl/N-ethyl adjacent to an activating group) is 1. The lowest BCUT2D eigenvalue weighted by atomic mass is 10.1. The summed E-state index contributed by atoms with van der Waals surface area (Å²) in [5.41, 5.74) is 1.76. The Labute approximate surface area is 167 Å². The standard InChI is InChI=1S/C21H23F2N5O/c1-27-6-7-28(11-14-8-15(22)10-16(23)9-14)13-17(12-27)24-21(29)20-18-4-2-3-5-19(18)25-26-20/h2-5,8-10,17H,6-7,11-13H2,1H3,(H,24,29)(H,25,26). The number of fused-ring (bicyclic) bond motifs is 1. The van der Waals surface area contributed by atoms with E-state index in [4.69, 9.17) is 0 Å². The van der Waals surface area contributed by atoms with Gasteiger partial charge in [-0.1, -0.05) is 18.2 Å². The SMILES string of the molecule is CN1CCN(Cc2cc(F)cc(F)c2)CC(NC(=O)c2n[nH]c3ccccc23)C1. The summed E-state index contributed by atoms with van der Waals surface area (Å²) in [6, 6.07) is 10.9. The molecular weight excluding hydrogens is 376 g/mol. The van der Waals surface area contributed by atoms with Gasteiger partial charge in [0.05, 0.1) is 11.6 Å². The van der Waals surface area contributed by atoms with Crippen molar-refractivity contribution in [3.63, 3.8) is 0 Å². The van der Waals surface area contributed by atoms with Crippen LogP contribution in [-0.2, 0) is 6.54 Å². The van der Waals surface area contributed by atoms with E-state index < -0.39 is 11.6 Å². The molecule has 8 heteroatoms. The number of carbonyl (C=O) groups is 1. The molecule has 4 rings (SSSR count). The summed E-state index contributed by atoms with van der Waals surface area (Å²) in [6.45, 7) is 3.22. The van der Waals surface area contributed by atoms with Crippen molar-refractivity contribution in [1.29, 1.82) is 0 Å². The summed E-state index contributed by atoms with van der Waals surface area (Å²) in [7, 11) is 1.99. The summed E-state index contributed by atoms with van der Waals surface area (Å²) in [5.74, 6) is -1.40. The van der Waals surface area contributed by atoms with E-state index >= 15 is 0 Å². The topological polar surface area (TPSA) is 64.3 Å². The number of hydrogen-bond donors (Lipinski definition) is 2. The lowest BCUT2D eigenvalue weighted by molar-refractivity contribution is 0.0920. The Kier molecular flexibility index (Phi) is 5.55. The molecule has 0 spiro atoms. The second kappa shape index (κ2) is 8.26. The van der Waals surface area contributed by atoms with Gasteiger partial charge >= 0.3 is 0 Å². The molecule has 2 N–H and O–H groups in total. The van der Waals surface area contributed by atoms with Crippen LogP contribution in [0.15, 0.2) is 42.5 Å². The molecule has 1 saturated heterocycles. The molecule has 152 valence electrons. The molecule has 1 unspecified atom stereocenters. The molecule has 6 nitrogen and oxygen atoms in total. The van der Waals surface area contributed by atoms with Crippen molar-refractivity contribution in [2.45, 2.75) is 12.6 Å². The molecule has 2 aromatic carbocycles. The summed E-state index contributed by atoms with van der Waals surface area (Å²) in [4.78, 5) is 17.1. The number of nitrogens with one attached hydrogen (secondary N) is 2. The van der Waals surface area contributed by atoms with E-state index in [0.29, 0.717) is 30.9 Å². The van der Waals surface area contributed by atoms with Gasteiger partial charge in [0.1, 0.15) is 11.6 Å². The Balaban J connectivity index is 1.47. The average molecular weight is 399 g/mol. The Hall–Kier alpha value is -2.84. The third-order valence-electron chi connectivity index (χ3n) is 5.16. The second-order valence-electron chi connectivity index (χ2n) is 7.56. The molecule has 1 aliphatic rings. The minimum atomic E-state index is -0.581. The second-order valence-corrected chi connectivity index (χ2v) is 7.56. The van der Waals surface area contributed by atoms with Gasteiger partial charge < -0.3 is 10.2 Å². The van der Waals surface area contributed by atoms with Gasteiger partial charge in [0.15, 0.2) is 5.69 Å². The number of benzene rings is 2. The summed E-state index contributed by atoms with van der Waals surface area (Å²) < 4.78 is 27.0. The zero-order valence-corrected chi connectivity index (χ0v) is 16.2. The predicted octanol–water partition coefficient (Wildman–Crippen LogP) is 2.39. The third-order valence-corrected chi connectivity index (χ3v) is 5.16. The molecule has 3 aromatic rings. The monoisotopic (exact) mass is 399 g/mol. The van der Waals surface area contributed by atoms with E-state index in [1.54, 1.807) is 0 Å². The first-order valence-electron chi connectivity index (χ1n) is 9.58. The fourth-order valence-electron chi connectivity index (χ4n) is 3.83. The molecule has 1 atom stereocenters. The van der Waals surface area contributed by atoms with Crippen LogP contribution in [0, 0.1) is 11.6 Å². The highest BCUT2D eigenvalue weighted by Crippen LogP contribution is 2.16. The number of carbonyl (C=O) groups excluding carboxylic acids is 1. The Morgan fingerprint density at radius 3 is 2.72 bits per heavy atom. The first-order valence-corrected chi connectivity index (χ1v) is 9.58. The molecule has 1 amide bonds. The maximum absolute atomic E-state index is 13.5. The maximum Gasteiger partial charge on any atom is 0.272 e. The average Bonchev–Trinajstić information content (AvgIpc) is 3.01. The normalized spacial score (nSPS) is 18.7. The lowest BCUT2D eigenvalue weighted by Gasteiger charge is -2.24. The van der Waals surface area contributed by atoms with Crippen molar-refractivity contribution in [3.8, 4) is 0 Å². The quantitative estimate of drug-likeness (QED) is 0.707. The number of H-pyrrole nitrogens is 1. The fraction of sp³-hybridized carbons (Fsp3) is 0.333. The summed E-state index contributed by atoms with van der Waals surface area (Å²) in [6.07, 6.45) is 0. The van der Waals surface area contributed by atoms with Crippen molar-refractivity contribution in [1.82, 2.24) is 25.3 Å². The molecule has 0 aliphatic carbocycles. The Morgan fingerprint density at radius 1 is 1.17 bits per heavy atom. The van der Waals surface area contributed by atoms with E-state index in [1.807, 2.05) is 31.3 Å². The zero-order chi connectivity index (χ0) is 20.4. The minimum Gasteiger partial charge on any atom is -0.345 e. The number of nitrogens with zero attached hydrogens (tertiary/aromatic N) is 3. The van der Waals surface area contributed by atoms with Crippen LogP contribution in [0.5, 0.6) is 0 Å². The van der Waals surface area contributed by atoms with Crippen LogP contribution in [0.4, 0.5) is 8.78 Å². The van der Waals surface area contributed by atoms with Crippen molar-refractivity contribution < 1.29 is 13.6 Å². The number of aromatic nitrogens is 2. The van der Waals surface area contributed by atoms with Crippen molar-refractivity contribution in [2.24, 2.45) is 0 Å². The lowest BCUT2D eigenvalue weighted by Crippen LogP contribution is -2.46. The number of amides is 1. The smallest absolute Gasteiger partial charge is 0.272 e. The van der Waals surface area contributed by atoms with E-state index in [-0.39, 0.29) is 11.9 Å². The van der Waals surface area contributed by atoms with Gasteiger partial charge in [-0.25, -0.2) is 8.78 Å². The molecule has 0 bridgehead atoms. The van der Waals surface area contributed by atoms with Gasteiger partial charge in [-0.3, -0.25) is 14.8 Å². The van der Waals surface area contributed by atoms with E-state index in [0.717, 1.165) is 30.1 Å². The molecule has 0 radical (unpaired) electrons. The van der Waals surface area contributed by atoms with E-state index in [9.17, 15) is 13.6 Å². The molecule has 1 aliphatic heterocycles. The number of aromatic amines is 1. The number of hydrogen-bond acceptors (Lipinski definition) is 4. The van der Waals surface area contributed by atoms with Crippen LogP contribution in [0.3, 0.4) is 0 Å². The zero-order valence-electron chi connectivity index (χ0n) is 16.2. The van der Waals surface area contributed by atoms with Crippen LogP contribution >= 0.6 is 0 Å². The molecule has 1 aromatic heterocycles. The van der Waals surface area contributed by atoms with Crippen LogP contribution in [0.2, 0.25) is 0 Å².